The highest BCUT2D eigenvalue weighted by molar-refractivity contribution is 6.34. The van der Waals surface area contributed by atoms with E-state index in [9.17, 15) is 5.11 Å². The monoisotopic (exact) mass is 174 g/mol. The first-order valence-corrected chi connectivity index (χ1v) is 3.81. The van der Waals surface area contributed by atoms with Gasteiger partial charge in [-0.15, -0.1) is 5.10 Å². The Morgan fingerprint density at radius 1 is 1.38 bits per heavy atom. The van der Waals surface area contributed by atoms with Gasteiger partial charge in [0.1, 0.15) is 13.6 Å². The van der Waals surface area contributed by atoms with Crippen LogP contribution in [0.15, 0.2) is 18.2 Å². The van der Waals surface area contributed by atoms with Gasteiger partial charge in [-0.05, 0) is 28.0 Å². The average molecular weight is 174 g/mol. The summed E-state index contributed by atoms with van der Waals surface area (Å²) in [6, 6.07) is 5.19. The average Bonchev–Trinajstić information content (AvgIpc) is 2.62. The zero-order chi connectivity index (χ0) is 9.26. The fraction of sp³-hybridized carbons (Fsp3) is 0. The Bertz CT molecular complexity index is 414. The first-order chi connectivity index (χ1) is 6.27. The summed E-state index contributed by atoms with van der Waals surface area (Å²) in [5, 5.41) is 22.6. The van der Waals surface area contributed by atoms with Crippen molar-refractivity contribution in [2.45, 2.75) is 0 Å². The van der Waals surface area contributed by atoms with E-state index in [2.05, 4.69) is 20.6 Å². The Balaban J connectivity index is 2.49. The molecule has 0 unspecified atom stereocenters. The van der Waals surface area contributed by atoms with Crippen LogP contribution in [0.5, 0.6) is 5.75 Å². The predicted octanol–water partition coefficient (Wildman–Crippen LogP) is -1.17. The molecule has 1 aromatic carbocycles. The number of phenols is 1. The van der Waals surface area contributed by atoms with Crippen molar-refractivity contribution in [2.24, 2.45) is 0 Å². The minimum Gasteiger partial charge on any atom is -0.509 e. The molecule has 1 aromatic heterocycles. The maximum atomic E-state index is 9.28. The van der Waals surface area contributed by atoms with Crippen molar-refractivity contribution in [3.05, 3.63) is 18.2 Å². The van der Waals surface area contributed by atoms with E-state index >= 15 is 0 Å². The third-order valence-electron chi connectivity index (χ3n) is 1.82. The zero-order valence-electron chi connectivity index (χ0n) is 7.02. The molecule has 0 aliphatic carbocycles. The van der Waals surface area contributed by atoms with Gasteiger partial charge in [-0.3, -0.25) is 0 Å². The van der Waals surface area contributed by atoms with Crippen molar-refractivity contribution >= 4 is 13.3 Å². The lowest BCUT2D eigenvalue weighted by atomic mass is 9.93. The van der Waals surface area contributed by atoms with Gasteiger partial charge in [-0.25, -0.2) is 5.10 Å². The molecule has 0 spiro atoms. The number of aromatic amines is 1. The summed E-state index contributed by atoms with van der Waals surface area (Å²) in [5.41, 5.74) is 1.66. The molecule has 0 aliphatic rings. The van der Waals surface area contributed by atoms with E-state index in [1.54, 1.807) is 12.1 Å². The van der Waals surface area contributed by atoms with E-state index in [0.29, 0.717) is 5.82 Å². The molecule has 5 nitrogen and oxygen atoms in total. The van der Waals surface area contributed by atoms with Crippen molar-refractivity contribution < 1.29 is 5.11 Å². The van der Waals surface area contributed by atoms with Gasteiger partial charge in [0.05, 0.1) is 0 Å². The molecule has 2 N–H and O–H groups in total. The normalized spacial score (nSPS) is 10.2. The van der Waals surface area contributed by atoms with E-state index in [4.69, 9.17) is 0 Å². The summed E-state index contributed by atoms with van der Waals surface area (Å²) >= 11 is 0. The molecule has 0 atom stereocenters. The Labute approximate surface area is 75.2 Å². The molecule has 0 aliphatic heterocycles. The van der Waals surface area contributed by atoms with Crippen molar-refractivity contribution in [1.82, 2.24) is 20.6 Å². The van der Waals surface area contributed by atoms with Crippen LogP contribution in [0.2, 0.25) is 0 Å². The minimum absolute atomic E-state index is 0.274. The molecular formula is C7H7BN4O. The molecule has 13 heavy (non-hydrogen) atoms. The van der Waals surface area contributed by atoms with Crippen LogP contribution in [-0.2, 0) is 0 Å². The van der Waals surface area contributed by atoms with Gasteiger partial charge < -0.3 is 5.11 Å². The van der Waals surface area contributed by atoms with Crippen LogP contribution in [0, 0.1) is 0 Å². The number of hydrogen-bond donors (Lipinski definition) is 2. The Morgan fingerprint density at radius 2 is 2.23 bits per heavy atom. The molecule has 0 saturated carbocycles. The SMILES string of the molecule is Bc1cc(-c2nnn[nH]2)ccc1O. The second-order valence-corrected chi connectivity index (χ2v) is 2.75. The molecule has 6 heteroatoms. The number of H-pyrrole nitrogens is 1. The maximum Gasteiger partial charge on any atom is 0.179 e. The van der Waals surface area contributed by atoms with Gasteiger partial charge in [0.25, 0.3) is 0 Å². The Hall–Kier alpha value is -1.85. The predicted molar refractivity (Wildman–Crippen MR) is 49.5 cm³/mol. The van der Waals surface area contributed by atoms with Gasteiger partial charge in [0, 0.05) is 5.56 Å². The summed E-state index contributed by atoms with van der Waals surface area (Å²) < 4.78 is 0. The van der Waals surface area contributed by atoms with E-state index in [-0.39, 0.29) is 5.75 Å². The largest absolute Gasteiger partial charge is 0.509 e. The summed E-state index contributed by atoms with van der Waals surface area (Å²) in [4.78, 5) is 0. The van der Waals surface area contributed by atoms with Gasteiger partial charge in [0.15, 0.2) is 5.82 Å². The van der Waals surface area contributed by atoms with Crippen LogP contribution < -0.4 is 5.46 Å². The number of benzene rings is 1. The summed E-state index contributed by atoms with van der Waals surface area (Å²) in [5.74, 6) is 0.874. The number of phenolic OH excluding ortho intramolecular Hbond substituents is 1. The van der Waals surface area contributed by atoms with Gasteiger partial charge in [-0.1, -0.05) is 6.07 Å². The van der Waals surface area contributed by atoms with Crippen molar-refractivity contribution in [1.29, 1.82) is 0 Å². The smallest absolute Gasteiger partial charge is 0.179 e. The molecular weight excluding hydrogens is 167 g/mol. The lowest BCUT2D eigenvalue weighted by Crippen LogP contribution is -2.02. The topological polar surface area (TPSA) is 74.7 Å². The van der Waals surface area contributed by atoms with E-state index < -0.39 is 0 Å². The minimum atomic E-state index is 0.274. The standard InChI is InChI=1S/C7H7BN4O/c8-5-3-4(1-2-6(5)13)7-9-11-12-10-7/h1-3,13H,8H2,(H,9,10,11,12). The highest BCUT2D eigenvalue weighted by Gasteiger charge is 2.03. The number of nitrogens with zero attached hydrogens (tertiary/aromatic N) is 3. The van der Waals surface area contributed by atoms with Crippen molar-refractivity contribution in [3.8, 4) is 17.1 Å². The molecule has 64 valence electrons. The zero-order valence-corrected chi connectivity index (χ0v) is 7.02. The third kappa shape index (κ3) is 1.38. The third-order valence-corrected chi connectivity index (χ3v) is 1.82. The van der Waals surface area contributed by atoms with Crippen LogP contribution >= 0.6 is 0 Å². The lowest BCUT2D eigenvalue weighted by Gasteiger charge is -1.99. The molecule has 1 heterocycles. The Kier molecular flexibility index (Phi) is 1.73. The highest BCUT2D eigenvalue weighted by Crippen LogP contribution is 2.14. The molecule has 0 saturated heterocycles. The maximum absolute atomic E-state index is 9.28. The number of aromatic nitrogens is 4. The quantitative estimate of drug-likeness (QED) is 0.534. The molecule has 0 amide bonds. The van der Waals surface area contributed by atoms with Crippen molar-refractivity contribution in [2.75, 3.05) is 0 Å². The van der Waals surface area contributed by atoms with Crippen LogP contribution in [0.25, 0.3) is 11.4 Å². The van der Waals surface area contributed by atoms with Crippen molar-refractivity contribution in [3.63, 3.8) is 0 Å². The second kappa shape index (κ2) is 2.89. The second-order valence-electron chi connectivity index (χ2n) is 2.75. The molecule has 0 bridgehead atoms. The number of nitrogens with one attached hydrogen (secondary N) is 1. The van der Waals surface area contributed by atoms with Crippen LogP contribution in [0.4, 0.5) is 0 Å². The molecule has 2 aromatic rings. The Morgan fingerprint density at radius 3 is 2.85 bits per heavy atom. The highest BCUT2D eigenvalue weighted by atomic mass is 16.3. The van der Waals surface area contributed by atoms with Gasteiger partial charge >= 0.3 is 0 Å². The molecule has 0 fully saturated rings. The summed E-state index contributed by atoms with van der Waals surface area (Å²) in [6.07, 6.45) is 0. The van der Waals surface area contributed by atoms with Gasteiger partial charge in [0.2, 0.25) is 0 Å². The lowest BCUT2D eigenvalue weighted by molar-refractivity contribution is 0.479. The summed E-state index contributed by atoms with van der Waals surface area (Å²) in [6.45, 7) is 0. The van der Waals surface area contributed by atoms with Crippen LogP contribution in [0.1, 0.15) is 0 Å². The number of aromatic hydroxyl groups is 1. The van der Waals surface area contributed by atoms with E-state index in [1.165, 1.54) is 0 Å². The number of rotatable bonds is 1. The first kappa shape index (κ1) is 7.79. The van der Waals surface area contributed by atoms with E-state index in [1.807, 2.05) is 13.9 Å². The number of hydrogen-bond acceptors (Lipinski definition) is 4. The van der Waals surface area contributed by atoms with Crippen LogP contribution in [0.3, 0.4) is 0 Å². The van der Waals surface area contributed by atoms with Crippen LogP contribution in [-0.4, -0.2) is 33.6 Å². The van der Waals surface area contributed by atoms with E-state index in [0.717, 1.165) is 11.0 Å². The first-order valence-electron chi connectivity index (χ1n) is 3.81. The van der Waals surface area contributed by atoms with Gasteiger partial charge in [-0.2, -0.15) is 0 Å². The molecule has 0 radical (unpaired) electrons. The summed E-state index contributed by atoms with van der Waals surface area (Å²) in [7, 11) is 1.82. The number of tetrazole rings is 1. The fourth-order valence-corrected chi connectivity index (χ4v) is 1.08. The molecule has 2 rings (SSSR count). The fourth-order valence-electron chi connectivity index (χ4n) is 1.08.